The zero-order valence-corrected chi connectivity index (χ0v) is 16.7. The van der Waals surface area contributed by atoms with E-state index in [-0.39, 0.29) is 18.2 Å². The lowest BCUT2D eigenvalue weighted by Crippen LogP contribution is -2.44. The first kappa shape index (κ1) is 18.2. The molecule has 29 heavy (non-hydrogen) atoms. The Kier molecular flexibility index (Phi) is 4.33. The molecule has 1 fully saturated rings. The molecule has 3 heterocycles. The molecule has 2 amide bonds. The van der Waals surface area contributed by atoms with Gasteiger partial charge in [-0.25, -0.2) is 4.90 Å². The van der Waals surface area contributed by atoms with Crippen LogP contribution in [0.2, 0.25) is 5.02 Å². The molecule has 1 atom stereocenters. The number of anilines is 1. The molecule has 7 heteroatoms. The molecule has 148 valence electrons. The van der Waals surface area contributed by atoms with Crippen LogP contribution in [0.3, 0.4) is 0 Å². The van der Waals surface area contributed by atoms with Crippen LogP contribution in [0.5, 0.6) is 5.75 Å². The summed E-state index contributed by atoms with van der Waals surface area (Å²) in [5, 5.41) is 1.66. The van der Waals surface area contributed by atoms with Crippen LogP contribution < -0.4 is 9.64 Å². The van der Waals surface area contributed by atoms with E-state index in [2.05, 4.69) is 9.88 Å². The molecule has 0 saturated carbocycles. The minimum atomic E-state index is -0.449. The second kappa shape index (κ2) is 6.90. The molecule has 0 bridgehead atoms. The number of ether oxygens (including phenoxy) is 1. The van der Waals surface area contributed by atoms with Gasteiger partial charge in [0.25, 0.3) is 5.91 Å². The number of aromatic nitrogens is 1. The van der Waals surface area contributed by atoms with Crippen molar-refractivity contribution in [3.05, 3.63) is 58.7 Å². The summed E-state index contributed by atoms with van der Waals surface area (Å²) in [4.78, 5) is 32.5. The van der Waals surface area contributed by atoms with Crippen molar-refractivity contribution < 1.29 is 14.3 Å². The van der Waals surface area contributed by atoms with E-state index in [1.54, 1.807) is 31.4 Å². The zero-order chi connectivity index (χ0) is 20.1. The maximum atomic E-state index is 13.1. The number of aromatic amines is 1. The highest BCUT2D eigenvalue weighted by Crippen LogP contribution is 2.33. The van der Waals surface area contributed by atoms with E-state index in [9.17, 15) is 9.59 Å². The Labute approximate surface area is 173 Å². The highest BCUT2D eigenvalue weighted by molar-refractivity contribution is 6.31. The summed E-state index contributed by atoms with van der Waals surface area (Å²) in [7, 11) is 1.66. The second-order valence-corrected chi connectivity index (χ2v) is 7.92. The van der Waals surface area contributed by atoms with Crippen molar-refractivity contribution in [3.8, 4) is 5.75 Å². The fourth-order valence-electron chi connectivity index (χ4n) is 4.42. The number of benzene rings is 2. The molecule has 1 aromatic heterocycles. The molecule has 0 radical (unpaired) electrons. The van der Waals surface area contributed by atoms with Crippen molar-refractivity contribution in [2.75, 3.05) is 18.6 Å². The first-order chi connectivity index (χ1) is 14.0. The summed E-state index contributed by atoms with van der Waals surface area (Å²) in [5.74, 6) is 0.461. The number of hydrogen-bond acceptors (Lipinski definition) is 4. The molecule has 0 spiro atoms. The van der Waals surface area contributed by atoms with Crippen LogP contribution in [0.15, 0.2) is 42.5 Å². The monoisotopic (exact) mass is 409 g/mol. The third-order valence-electron chi connectivity index (χ3n) is 5.84. The normalized spacial score (nSPS) is 19.8. The molecular weight excluding hydrogens is 390 g/mol. The first-order valence-corrected chi connectivity index (χ1v) is 9.97. The lowest BCUT2D eigenvalue weighted by atomic mass is 10.0. The Morgan fingerprint density at radius 1 is 1.17 bits per heavy atom. The molecular formula is C22H20ClN3O3. The van der Waals surface area contributed by atoms with E-state index in [0.29, 0.717) is 17.3 Å². The van der Waals surface area contributed by atoms with Crippen molar-refractivity contribution in [2.24, 2.45) is 0 Å². The van der Waals surface area contributed by atoms with E-state index < -0.39 is 6.04 Å². The smallest absolute Gasteiger partial charge is 0.251 e. The summed E-state index contributed by atoms with van der Waals surface area (Å²) in [6, 6.07) is 12.4. The summed E-state index contributed by atoms with van der Waals surface area (Å²) < 4.78 is 5.35. The van der Waals surface area contributed by atoms with Crippen LogP contribution in [0.1, 0.15) is 17.7 Å². The number of rotatable bonds is 3. The van der Waals surface area contributed by atoms with Crippen molar-refractivity contribution in [3.63, 3.8) is 0 Å². The predicted octanol–water partition coefficient (Wildman–Crippen LogP) is 3.52. The van der Waals surface area contributed by atoms with Crippen molar-refractivity contribution >= 4 is 40.0 Å². The van der Waals surface area contributed by atoms with Crippen molar-refractivity contribution in [1.29, 1.82) is 0 Å². The van der Waals surface area contributed by atoms with Gasteiger partial charge < -0.3 is 9.72 Å². The predicted molar refractivity (Wildman–Crippen MR) is 111 cm³/mol. The summed E-state index contributed by atoms with van der Waals surface area (Å²) in [6.45, 7) is 1.34. The quantitative estimate of drug-likeness (QED) is 0.672. The third kappa shape index (κ3) is 2.99. The number of nitrogens with one attached hydrogen (secondary N) is 1. The number of hydrogen-bond donors (Lipinski definition) is 1. The lowest BCUT2D eigenvalue weighted by Gasteiger charge is -2.30. The van der Waals surface area contributed by atoms with Crippen LogP contribution in [0.4, 0.5) is 5.69 Å². The molecule has 1 N–H and O–H groups in total. The number of H-pyrrole nitrogens is 1. The van der Waals surface area contributed by atoms with Crippen molar-refractivity contribution in [1.82, 2.24) is 9.88 Å². The van der Waals surface area contributed by atoms with Crippen LogP contribution in [0, 0.1) is 0 Å². The van der Waals surface area contributed by atoms with Gasteiger partial charge in [-0.2, -0.15) is 0 Å². The fraction of sp³-hybridized carbons (Fsp3) is 0.273. The van der Waals surface area contributed by atoms with Gasteiger partial charge >= 0.3 is 0 Å². The lowest BCUT2D eigenvalue weighted by molar-refractivity contribution is -0.123. The van der Waals surface area contributed by atoms with Gasteiger partial charge in [-0.3, -0.25) is 14.5 Å². The standard InChI is InChI=1S/C22H20ClN3O3/c1-29-15-5-6-18-17(10-15)16-7-8-25(12-19(16)24-18)20-11-21(27)26(22(20)28)14-4-2-3-13(23)9-14/h2-6,9-10,20,24H,7-8,11-12H2,1H3/t20-/m0/s1. The Morgan fingerprint density at radius 3 is 2.83 bits per heavy atom. The highest BCUT2D eigenvalue weighted by Gasteiger charge is 2.43. The molecule has 2 aliphatic heterocycles. The molecule has 6 nitrogen and oxygen atoms in total. The van der Waals surface area contributed by atoms with Gasteiger partial charge in [-0.05, 0) is 48.4 Å². The van der Waals surface area contributed by atoms with Gasteiger partial charge in [0, 0.05) is 34.7 Å². The van der Waals surface area contributed by atoms with E-state index in [4.69, 9.17) is 16.3 Å². The Balaban J connectivity index is 1.42. The topological polar surface area (TPSA) is 65.6 Å². The maximum Gasteiger partial charge on any atom is 0.251 e. The minimum absolute atomic E-state index is 0.182. The summed E-state index contributed by atoms with van der Waals surface area (Å²) in [6.07, 6.45) is 1.01. The minimum Gasteiger partial charge on any atom is -0.497 e. The molecule has 1 saturated heterocycles. The van der Waals surface area contributed by atoms with E-state index in [1.807, 2.05) is 18.2 Å². The fourth-order valence-corrected chi connectivity index (χ4v) is 4.61. The number of methoxy groups -OCH3 is 1. The third-order valence-corrected chi connectivity index (χ3v) is 6.08. The number of carbonyl (C=O) groups is 2. The molecule has 2 aromatic carbocycles. The Bertz CT molecular complexity index is 1140. The summed E-state index contributed by atoms with van der Waals surface area (Å²) in [5.41, 5.74) is 3.96. The number of imide groups is 1. The zero-order valence-electron chi connectivity index (χ0n) is 15.9. The van der Waals surface area contributed by atoms with Gasteiger partial charge in [0.1, 0.15) is 5.75 Å². The number of nitrogens with zero attached hydrogens (tertiary/aromatic N) is 2. The second-order valence-electron chi connectivity index (χ2n) is 7.48. The van der Waals surface area contributed by atoms with E-state index in [0.717, 1.165) is 35.3 Å². The van der Waals surface area contributed by atoms with Crippen LogP contribution in [-0.2, 0) is 22.6 Å². The van der Waals surface area contributed by atoms with Gasteiger partial charge in [-0.1, -0.05) is 17.7 Å². The highest BCUT2D eigenvalue weighted by atomic mass is 35.5. The van der Waals surface area contributed by atoms with Gasteiger partial charge in [0.15, 0.2) is 0 Å². The Morgan fingerprint density at radius 2 is 2.03 bits per heavy atom. The average molecular weight is 410 g/mol. The average Bonchev–Trinajstić information content (AvgIpc) is 3.23. The van der Waals surface area contributed by atoms with Crippen LogP contribution in [0.25, 0.3) is 10.9 Å². The Hall–Kier alpha value is -2.83. The summed E-state index contributed by atoms with van der Waals surface area (Å²) >= 11 is 6.05. The molecule has 5 rings (SSSR count). The number of halogens is 1. The van der Waals surface area contributed by atoms with Crippen LogP contribution >= 0.6 is 11.6 Å². The molecule has 0 unspecified atom stereocenters. The SMILES string of the molecule is COc1ccc2[nH]c3c(c2c1)CCN([C@H]1CC(=O)N(c2cccc(Cl)c2)C1=O)C3. The number of amides is 2. The number of carbonyl (C=O) groups excluding carboxylic acids is 2. The van der Waals surface area contributed by atoms with Gasteiger partial charge in [0.2, 0.25) is 5.91 Å². The molecule has 2 aliphatic rings. The largest absolute Gasteiger partial charge is 0.497 e. The van der Waals surface area contributed by atoms with E-state index >= 15 is 0 Å². The van der Waals surface area contributed by atoms with Crippen LogP contribution in [-0.4, -0.2) is 41.4 Å². The van der Waals surface area contributed by atoms with Crippen molar-refractivity contribution in [2.45, 2.75) is 25.4 Å². The number of fused-ring (bicyclic) bond motifs is 3. The molecule has 3 aromatic rings. The van der Waals surface area contributed by atoms with E-state index in [1.165, 1.54) is 10.5 Å². The van der Waals surface area contributed by atoms with Gasteiger partial charge in [-0.15, -0.1) is 0 Å². The first-order valence-electron chi connectivity index (χ1n) is 9.59. The van der Waals surface area contributed by atoms with Gasteiger partial charge in [0.05, 0.1) is 25.3 Å². The maximum absolute atomic E-state index is 13.1. The molecule has 0 aliphatic carbocycles.